The average molecular weight is 397 g/mol. The first-order chi connectivity index (χ1) is 12.9. The molecule has 148 valence electrons. The van der Waals surface area contributed by atoms with E-state index in [1.54, 1.807) is 25.1 Å². The summed E-state index contributed by atoms with van der Waals surface area (Å²) in [5.41, 5.74) is 0.669. The Bertz CT molecular complexity index is 722. The van der Waals surface area contributed by atoms with Crippen molar-refractivity contribution in [3.63, 3.8) is 0 Å². The summed E-state index contributed by atoms with van der Waals surface area (Å²) in [6.07, 6.45) is -2.51. The predicted octanol–water partition coefficient (Wildman–Crippen LogP) is 3.35. The van der Waals surface area contributed by atoms with E-state index in [1.807, 2.05) is 29.8 Å². The fourth-order valence-electron chi connectivity index (χ4n) is 2.33. The fourth-order valence-corrected chi connectivity index (χ4v) is 3.12. The van der Waals surface area contributed by atoms with Crippen molar-refractivity contribution in [1.82, 2.24) is 10.6 Å². The van der Waals surface area contributed by atoms with Gasteiger partial charge in [0.25, 0.3) is 6.43 Å². The van der Waals surface area contributed by atoms with Crippen molar-refractivity contribution in [3.05, 3.63) is 52.2 Å². The number of thiophene rings is 1. The number of rotatable bonds is 9. The first-order valence-electron chi connectivity index (χ1n) is 8.68. The summed E-state index contributed by atoms with van der Waals surface area (Å²) in [6, 6.07) is 8.81. The van der Waals surface area contributed by atoms with E-state index < -0.39 is 18.6 Å². The molecule has 3 N–H and O–H groups in total. The lowest BCUT2D eigenvalue weighted by molar-refractivity contribution is 0.0621. The van der Waals surface area contributed by atoms with Gasteiger partial charge in [0, 0.05) is 6.54 Å². The lowest BCUT2D eigenvalue weighted by Crippen LogP contribution is -2.44. The molecule has 0 amide bonds. The molecule has 0 aliphatic rings. The molecule has 0 fully saturated rings. The van der Waals surface area contributed by atoms with Crippen LogP contribution in [0.4, 0.5) is 8.78 Å². The molecule has 0 radical (unpaired) electrons. The van der Waals surface area contributed by atoms with Gasteiger partial charge in [-0.3, -0.25) is 0 Å². The van der Waals surface area contributed by atoms with Crippen LogP contribution in [0.15, 0.2) is 46.1 Å². The molecule has 5 nitrogen and oxygen atoms in total. The molecule has 1 unspecified atom stereocenters. The van der Waals surface area contributed by atoms with Crippen LogP contribution in [0.3, 0.4) is 0 Å². The van der Waals surface area contributed by atoms with Gasteiger partial charge in [0.05, 0.1) is 13.1 Å². The van der Waals surface area contributed by atoms with Crippen LogP contribution < -0.4 is 15.4 Å². The predicted molar refractivity (Wildman–Crippen MR) is 105 cm³/mol. The van der Waals surface area contributed by atoms with E-state index in [1.165, 1.54) is 11.3 Å². The SMILES string of the molecule is CCNC(=NCc1cccc(OCC(F)F)c1)NCC(C)(O)c1ccsc1. The molecule has 0 saturated heterocycles. The van der Waals surface area contributed by atoms with E-state index in [-0.39, 0.29) is 0 Å². The summed E-state index contributed by atoms with van der Waals surface area (Å²) in [4.78, 5) is 4.49. The Labute approximate surface area is 162 Å². The normalized spacial score (nSPS) is 14.1. The van der Waals surface area contributed by atoms with E-state index >= 15 is 0 Å². The zero-order valence-corrected chi connectivity index (χ0v) is 16.2. The Kier molecular flexibility index (Phi) is 7.99. The smallest absolute Gasteiger partial charge is 0.272 e. The molecule has 27 heavy (non-hydrogen) atoms. The topological polar surface area (TPSA) is 65.9 Å². The second-order valence-electron chi connectivity index (χ2n) is 6.18. The lowest BCUT2D eigenvalue weighted by atomic mass is 9.99. The van der Waals surface area contributed by atoms with Gasteiger partial charge < -0.3 is 20.5 Å². The molecule has 0 aliphatic carbocycles. The molecule has 0 saturated carbocycles. The number of hydrogen-bond donors (Lipinski definition) is 3. The number of aliphatic hydroxyl groups is 1. The second kappa shape index (κ2) is 10.2. The quantitative estimate of drug-likeness (QED) is 0.448. The van der Waals surface area contributed by atoms with E-state index in [0.29, 0.717) is 31.3 Å². The number of nitrogens with one attached hydrogen (secondary N) is 2. The van der Waals surface area contributed by atoms with Gasteiger partial charge in [0.1, 0.15) is 18.0 Å². The minimum Gasteiger partial charge on any atom is -0.488 e. The van der Waals surface area contributed by atoms with Gasteiger partial charge in [0.2, 0.25) is 0 Å². The van der Waals surface area contributed by atoms with Crippen molar-refractivity contribution >= 4 is 17.3 Å². The highest BCUT2D eigenvalue weighted by atomic mass is 32.1. The number of nitrogens with zero attached hydrogens (tertiary/aromatic N) is 1. The molecule has 0 bridgehead atoms. The van der Waals surface area contributed by atoms with Gasteiger partial charge in [0.15, 0.2) is 5.96 Å². The van der Waals surface area contributed by atoms with Crippen molar-refractivity contribution in [3.8, 4) is 5.75 Å². The third kappa shape index (κ3) is 7.15. The Morgan fingerprint density at radius 3 is 2.81 bits per heavy atom. The number of halogens is 2. The molecule has 1 heterocycles. The maximum atomic E-state index is 12.3. The van der Waals surface area contributed by atoms with Gasteiger partial charge in [-0.2, -0.15) is 11.3 Å². The van der Waals surface area contributed by atoms with Crippen LogP contribution in [0.1, 0.15) is 25.0 Å². The zero-order valence-electron chi connectivity index (χ0n) is 15.4. The lowest BCUT2D eigenvalue weighted by Gasteiger charge is -2.24. The number of guanidine groups is 1. The largest absolute Gasteiger partial charge is 0.488 e. The molecule has 1 atom stereocenters. The zero-order chi connectivity index (χ0) is 19.7. The molecular formula is C19H25F2N3O2S. The molecular weight excluding hydrogens is 372 g/mol. The van der Waals surface area contributed by atoms with Crippen molar-refractivity contribution in [2.45, 2.75) is 32.4 Å². The minimum atomic E-state index is -2.51. The Morgan fingerprint density at radius 2 is 2.15 bits per heavy atom. The van der Waals surface area contributed by atoms with Crippen LogP contribution in [0, 0.1) is 0 Å². The first-order valence-corrected chi connectivity index (χ1v) is 9.62. The molecule has 2 aromatic rings. The van der Waals surface area contributed by atoms with E-state index in [9.17, 15) is 13.9 Å². The maximum Gasteiger partial charge on any atom is 0.272 e. The molecule has 1 aromatic carbocycles. The van der Waals surface area contributed by atoms with Crippen molar-refractivity contribution in [1.29, 1.82) is 0 Å². The number of ether oxygens (including phenoxy) is 1. The van der Waals surface area contributed by atoms with Crippen LogP contribution in [0.2, 0.25) is 0 Å². The van der Waals surface area contributed by atoms with Crippen LogP contribution in [-0.2, 0) is 12.1 Å². The summed E-state index contributed by atoms with van der Waals surface area (Å²) < 4.78 is 29.6. The van der Waals surface area contributed by atoms with Crippen molar-refractivity contribution in [2.24, 2.45) is 4.99 Å². The number of alkyl halides is 2. The van der Waals surface area contributed by atoms with Gasteiger partial charge in [-0.05, 0) is 53.9 Å². The summed E-state index contributed by atoms with van der Waals surface area (Å²) in [5.74, 6) is 0.952. The fraction of sp³-hybridized carbons (Fsp3) is 0.421. The molecule has 2 rings (SSSR count). The summed E-state index contributed by atoms with van der Waals surface area (Å²) >= 11 is 1.53. The van der Waals surface area contributed by atoms with Crippen molar-refractivity contribution in [2.75, 3.05) is 19.7 Å². The van der Waals surface area contributed by atoms with Crippen LogP contribution in [0.25, 0.3) is 0 Å². The van der Waals surface area contributed by atoms with Crippen molar-refractivity contribution < 1.29 is 18.6 Å². The third-order valence-electron chi connectivity index (χ3n) is 3.78. The highest BCUT2D eigenvalue weighted by Crippen LogP contribution is 2.22. The monoisotopic (exact) mass is 397 g/mol. The van der Waals surface area contributed by atoms with Gasteiger partial charge >= 0.3 is 0 Å². The van der Waals surface area contributed by atoms with Crippen LogP contribution in [0.5, 0.6) is 5.75 Å². The Hall–Kier alpha value is -2.19. The van der Waals surface area contributed by atoms with E-state index in [2.05, 4.69) is 15.6 Å². The molecule has 1 aromatic heterocycles. The van der Waals surface area contributed by atoms with Gasteiger partial charge in [-0.1, -0.05) is 12.1 Å². The second-order valence-corrected chi connectivity index (χ2v) is 6.96. The highest BCUT2D eigenvalue weighted by molar-refractivity contribution is 7.08. The summed E-state index contributed by atoms with van der Waals surface area (Å²) in [7, 11) is 0. The first kappa shape index (κ1) is 21.1. The number of aliphatic imine (C=N–C) groups is 1. The highest BCUT2D eigenvalue weighted by Gasteiger charge is 2.23. The summed E-state index contributed by atoms with van der Waals surface area (Å²) in [5, 5.41) is 20.7. The van der Waals surface area contributed by atoms with E-state index in [4.69, 9.17) is 4.74 Å². The Balaban J connectivity index is 1.97. The van der Waals surface area contributed by atoms with Crippen LogP contribution >= 0.6 is 11.3 Å². The number of benzene rings is 1. The third-order valence-corrected chi connectivity index (χ3v) is 4.46. The Morgan fingerprint density at radius 1 is 1.33 bits per heavy atom. The standard InChI is InChI=1S/C19H25F2N3O2S/c1-3-22-18(24-13-19(2,25)15-7-8-27-12-15)23-10-14-5-4-6-16(9-14)26-11-17(20)21/h4-9,12,17,25H,3,10-11,13H2,1-2H3,(H2,22,23,24). The molecule has 0 spiro atoms. The van der Waals surface area contributed by atoms with E-state index in [0.717, 1.165) is 11.1 Å². The van der Waals surface area contributed by atoms with Gasteiger partial charge in [-0.15, -0.1) is 0 Å². The summed E-state index contributed by atoms with van der Waals surface area (Å²) in [6.45, 7) is 4.38. The molecule has 0 aliphatic heterocycles. The van der Waals surface area contributed by atoms with Gasteiger partial charge in [-0.25, -0.2) is 13.8 Å². The maximum absolute atomic E-state index is 12.3. The van der Waals surface area contributed by atoms with Crippen LogP contribution in [-0.4, -0.2) is 37.2 Å². The average Bonchev–Trinajstić information content (AvgIpc) is 3.18. The molecule has 8 heteroatoms. The minimum absolute atomic E-state index is 0.299. The number of hydrogen-bond acceptors (Lipinski definition) is 4.